The van der Waals surface area contributed by atoms with Crippen LogP contribution in [-0.2, 0) is 16.1 Å². The number of nitrogens with zero attached hydrogens (tertiary/aromatic N) is 3. The van der Waals surface area contributed by atoms with Crippen molar-refractivity contribution in [3.8, 4) is 0 Å². The minimum atomic E-state index is -0.411. The first-order chi connectivity index (χ1) is 14.4. The quantitative estimate of drug-likeness (QED) is 0.707. The number of carbonyl (C=O) groups excluding carboxylic acids is 1. The fourth-order valence-corrected chi connectivity index (χ4v) is 4.92. The van der Waals surface area contributed by atoms with E-state index in [4.69, 9.17) is 4.74 Å². The van der Waals surface area contributed by atoms with E-state index in [-0.39, 0.29) is 11.9 Å². The summed E-state index contributed by atoms with van der Waals surface area (Å²) in [5.74, 6) is 0.0195. The van der Waals surface area contributed by atoms with Crippen molar-refractivity contribution in [2.24, 2.45) is 5.92 Å². The van der Waals surface area contributed by atoms with E-state index in [0.717, 1.165) is 57.5 Å². The Morgan fingerprint density at radius 3 is 2.60 bits per heavy atom. The number of hydrogen-bond donors (Lipinski definition) is 0. The van der Waals surface area contributed by atoms with Crippen molar-refractivity contribution in [2.75, 3.05) is 26.2 Å². The molecule has 1 aliphatic heterocycles. The first-order valence-electron chi connectivity index (χ1n) is 11.4. The largest absolute Gasteiger partial charge is 0.460 e. The van der Waals surface area contributed by atoms with Crippen molar-refractivity contribution in [1.29, 1.82) is 0 Å². The number of pyridine rings is 1. The molecule has 2 heterocycles. The zero-order valence-electron chi connectivity index (χ0n) is 18.6. The van der Waals surface area contributed by atoms with Crippen LogP contribution in [0.25, 0.3) is 10.9 Å². The van der Waals surface area contributed by atoms with E-state index >= 15 is 0 Å². The fourth-order valence-electron chi connectivity index (χ4n) is 4.92. The lowest BCUT2D eigenvalue weighted by molar-refractivity contribution is -0.164. The van der Waals surface area contributed by atoms with Gasteiger partial charge in [0.2, 0.25) is 0 Å². The van der Waals surface area contributed by atoms with Crippen molar-refractivity contribution in [3.05, 3.63) is 42.1 Å². The minimum Gasteiger partial charge on any atom is -0.460 e. The van der Waals surface area contributed by atoms with Gasteiger partial charge in [-0.05, 0) is 51.3 Å². The molecule has 1 aliphatic carbocycles. The van der Waals surface area contributed by atoms with Gasteiger partial charge in [-0.2, -0.15) is 0 Å². The first kappa shape index (κ1) is 21.3. The van der Waals surface area contributed by atoms with Gasteiger partial charge >= 0.3 is 5.97 Å². The molecule has 2 atom stereocenters. The summed E-state index contributed by atoms with van der Waals surface area (Å²) in [5.41, 5.74) is 1.91. The highest BCUT2D eigenvalue weighted by atomic mass is 16.6. The molecule has 1 saturated carbocycles. The lowest BCUT2D eigenvalue weighted by Crippen LogP contribution is -2.54. The highest BCUT2D eigenvalue weighted by Crippen LogP contribution is 2.31. The Bertz CT molecular complexity index is 868. The number of para-hydroxylation sites is 1. The van der Waals surface area contributed by atoms with Crippen LogP contribution in [0.3, 0.4) is 0 Å². The number of fused-ring (bicyclic) bond motifs is 1. The van der Waals surface area contributed by atoms with Gasteiger partial charge in [0, 0.05) is 50.3 Å². The van der Waals surface area contributed by atoms with Gasteiger partial charge in [0.25, 0.3) is 0 Å². The van der Waals surface area contributed by atoms with E-state index < -0.39 is 5.60 Å². The summed E-state index contributed by atoms with van der Waals surface area (Å²) in [7, 11) is 0. The average molecular weight is 410 g/mol. The maximum absolute atomic E-state index is 12.8. The second-order valence-corrected chi connectivity index (χ2v) is 9.84. The molecular formula is C25H35N3O2. The normalized spacial score (nSPS) is 24.1. The van der Waals surface area contributed by atoms with Crippen LogP contribution in [0.15, 0.2) is 36.5 Å². The molecule has 2 aromatic rings. The van der Waals surface area contributed by atoms with E-state index in [9.17, 15) is 4.79 Å². The van der Waals surface area contributed by atoms with Gasteiger partial charge in [0.05, 0.1) is 11.4 Å². The van der Waals surface area contributed by atoms with Crippen LogP contribution in [0.4, 0.5) is 0 Å². The predicted octanol–water partition coefficient (Wildman–Crippen LogP) is 4.25. The first-order valence-corrected chi connectivity index (χ1v) is 11.4. The minimum absolute atomic E-state index is 0.00290. The summed E-state index contributed by atoms with van der Waals surface area (Å²) in [6.07, 6.45) is 6.43. The van der Waals surface area contributed by atoms with Gasteiger partial charge < -0.3 is 4.74 Å². The number of aromatic nitrogens is 1. The van der Waals surface area contributed by atoms with Crippen LogP contribution >= 0.6 is 0 Å². The Kier molecular flexibility index (Phi) is 6.40. The number of piperazine rings is 1. The molecule has 0 bridgehead atoms. The molecule has 4 rings (SSSR count). The van der Waals surface area contributed by atoms with Crippen LogP contribution < -0.4 is 0 Å². The van der Waals surface area contributed by atoms with E-state index in [1.54, 1.807) is 0 Å². The molecule has 0 spiro atoms. The lowest BCUT2D eigenvalue weighted by atomic mass is 9.83. The molecule has 2 aliphatic rings. The van der Waals surface area contributed by atoms with Gasteiger partial charge in [-0.15, -0.1) is 0 Å². The number of benzene rings is 1. The molecule has 0 radical (unpaired) electrons. The third-order valence-electron chi connectivity index (χ3n) is 6.37. The summed E-state index contributed by atoms with van der Waals surface area (Å²) < 4.78 is 5.75. The van der Waals surface area contributed by atoms with Gasteiger partial charge in [-0.25, -0.2) is 0 Å². The summed E-state index contributed by atoms with van der Waals surface area (Å²) in [6, 6.07) is 10.9. The molecular weight excluding hydrogens is 374 g/mol. The summed E-state index contributed by atoms with van der Waals surface area (Å²) >= 11 is 0. The van der Waals surface area contributed by atoms with E-state index in [2.05, 4.69) is 39.0 Å². The number of rotatable bonds is 4. The Hall–Kier alpha value is -1.98. The highest BCUT2D eigenvalue weighted by Gasteiger charge is 2.38. The van der Waals surface area contributed by atoms with E-state index in [1.165, 1.54) is 17.4 Å². The molecule has 2 fully saturated rings. The van der Waals surface area contributed by atoms with Crippen LogP contribution in [0.5, 0.6) is 0 Å². The van der Waals surface area contributed by atoms with Crippen molar-refractivity contribution in [2.45, 2.75) is 64.6 Å². The monoisotopic (exact) mass is 409 g/mol. The fraction of sp³-hybridized carbons (Fsp3) is 0.600. The smallest absolute Gasteiger partial charge is 0.311 e. The molecule has 0 amide bonds. The third-order valence-corrected chi connectivity index (χ3v) is 6.37. The Morgan fingerprint density at radius 1 is 1.10 bits per heavy atom. The van der Waals surface area contributed by atoms with E-state index in [0.29, 0.717) is 6.04 Å². The average Bonchev–Trinajstić information content (AvgIpc) is 2.73. The predicted molar refractivity (Wildman–Crippen MR) is 120 cm³/mol. The zero-order chi connectivity index (χ0) is 21.1. The van der Waals surface area contributed by atoms with Crippen LogP contribution in [-0.4, -0.2) is 58.6 Å². The molecule has 5 nitrogen and oxygen atoms in total. The number of esters is 1. The SMILES string of the molecule is CC(C)(C)OC(=O)[C@@H]1CCCC[C@H]1N1CCN(Cc2cnc3ccccc3c2)CC1. The van der Waals surface area contributed by atoms with Crippen molar-refractivity contribution in [3.63, 3.8) is 0 Å². The van der Waals surface area contributed by atoms with Gasteiger partial charge in [-0.3, -0.25) is 19.6 Å². The standard InChI is InChI=1S/C25H35N3O2/c1-25(2,3)30-24(29)21-9-5-7-11-23(21)28-14-12-27(13-15-28)18-19-16-20-8-4-6-10-22(20)26-17-19/h4,6,8,10,16-17,21,23H,5,7,9,11-15,18H2,1-3H3/t21-,23-/m1/s1. The second-order valence-electron chi connectivity index (χ2n) is 9.84. The Morgan fingerprint density at radius 2 is 1.83 bits per heavy atom. The summed E-state index contributed by atoms with van der Waals surface area (Å²) in [6.45, 7) is 10.9. The Balaban J connectivity index is 1.35. The molecule has 1 aromatic heterocycles. The number of ether oxygens (including phenoxy) is 1. The molecule has 5 heteroatoms. The summed E-state index contributed by atoms with van der Waals surface area (Å²) in [5, 5.41) is 1.20. The van der Waals surface area contributed by atoms with Crippen LogP contribution in [0.1, 0.15) is 52.0 Å². The van der Waals surface area contributed by atoms with E-state index in [1.807, 2.05) is 33.0 Å². The Labute approximate surface area is 180 Å². The maximum Gasteiger partial charge on any atom is 0.311 e. The lowest BCUT2D eigenvalue weighted by Gasteiger charge is -2.43. The number of carbonyl (C=O) groups is 1. The molecule has 0 unspecified atom stereocenters. The molecule has 162 valence electrons. The van der Waals surface area contributed by atoms with Crippen molar-refractivity contribution >= 4 is 16.9 Å². The van der Waals surface area contributed by atoms with Gasteiger partial charge in [0.1, 0.15) is 5.60 Å². The van der Waals surface area contributed by atoms with Crippen LogP contribution in [0, 0.1) is 5.92 Å². The highest BCUT2D eigenvalue weighted by molar-refractivity contribution is 5.78. The molecule has 0 N–H and O–H groups in total. The second kappa shape index (κ2) is 9.03. The molecule has 1 aromatic carbocycles. The van der Waals surface area contributed by atoms with Gasteiger partial charge in [-0.1, -0.05) is 31.0 Å². The molecule has 1 saturated heterocycles. The topological polar surface area (TPSA) is 45.7 Å². The van der Waals surface area contributed by atoms with Crippen molar-refractivity contribution in [1.82, 2.24) is 14.8 Å². The molecule has 30 heavy (non-hydrogen) atoms. The number of hydrogen-bond acceptors (Lipinski definition) is 5. The maximum atomic E-state index is 12.8. The van der Waals surface area contributed by atoms with Crippen LogP contribution in [0.2, 0.25) is 0 Å². The van der Waals surface area contributed by atoms with Crippen molar-refractivity contribution < 1.29 is 9.53 Å². The van der Waals surface area contributed by atoms with Gasteiger partial charge in [0.15, 0.2) is 0 Å². The summed E-state index contributed by atoms with van der Waals surface area (Å²) in [4.78, 5) is 22.5. The third kappa shape index (κ3) is 5.19. The zero-order valence-corrected chi connectivity index (χ0v) is 18.6.